The average molecular weight is 178 g/mol. The van der Waals surface area contributed by atoms with E-state index in [9.17, 15) is 0 Å². The van der Waals surface area contributed by atoms with Crippen LogP contribution in [-0.4, -0.2) is 0 Å². The Labute approximate surface area is 83.0 Å². The Morgan fingerprint density at radius 1 is 1.08 bits per heavy atom. The molecule has 0 saturated heterocycles. The molecule has 1 atom stereocenters. The molecule has 13 heavy (non-hydrogen) atoms. The van der Waals surface area contributed by atoms with Crippen molar-refractivity contribution in [3.05, 3.63) is 35.4 Å². The maximum absolute atomic E-state index is 2.27. The Morgan fingerprint density at radius 3 is 1.92 bits per heavy atom. The monoisotopic (exact) mass is 178 g/mol. The van der Waals surface area contributed by atoms with E-state index in [2.05, 4.69) is 45.0 Å². The Morgan fingerprint density at radius 2 is 1.54 bits per heavy atom. The van der Waals surface area contributed by atoms with E-state index in [1.807, 2.05) is 13.8 Å². The first-order valence-corrected chi connectivity index (χ1v) is 5.30. The van der Waals surface area contributed by atoms with Gasteiger partial charge < -0.3 is 0 Å². The summed E-state index contributed by atoms with van der Waals surface area (Å²) < 4.78 is 0. The summed E-state index contributed by atoms with van der Waals surface area (Å²) in [6, 6.07) is 8.82. The van der Waals surface area contributed by atoms with Gasteiger partial charge in [0.15, 0.2) is 0 Å². The van der Waals surface area contributed by atoms with Crippen molar-refractivity contribution < 1.29 is 0 Å². The second kappa shape index (κ2) is 6.71. The normalized spacial score (nSPS) is 11.5. The SMILES string of the molecule is CC.CC[C@@H](C)c1ccc(C)cc1. The van der Waals surface area contributed by atoms with Gasteiger partial charge in [-0.1, -0.05) is 57.5 Å². The molecule has 1 rings (SSSR count). The van der Waals surface area contributed by atoms with Gasteiger partial charge in [0.2, 0.25) is 0 Å². The van der Waals surface area contributed by atoms with E-state index in [1.54, 1.807) is 0 Å². The lowest BCUT2D eigenvalue weighted by Gasteiger charge is -2.07. The molecule has 0 heterocycles. The van der Waals surface area contributed by atoms with Crippen LogP contribution < -0.4 is 0 Å². The molecule has 0 aliphatic carbocycles. The van der Waals surface area contributed by atoms with Gasteiger partial charge in [0.1, 0.15) is 0 Å². The first-order chi connectivity index (χ1) is 6.24. The molecule has 0 aromatic heterocycles. The summed E-state index contributed by atoms with van der Waals surface area (Å²) in [6.45, 7) is 10.6. The first kappa shape index (κ1) is 12.2. The minimum Gasteiger partial charge on any atom is -0.0683 e. The second-order valence-electron chi connectivity index (χ2n) is 3.22. The van der Waals surface area contributed by atoms with Crippen LogP contribution in [0.25, 0.3) is 0 Å². The van der Waals surface area contributed by atoms with E-state index in [0.29, 0.717) is 5.92 Å². The van der Waals surface area contributed by atoms with Crippen LogP contribution in [0.4, 0.5) is 0 Å². The molecule has 0 amide bonds. The van der Waals surface area contributed by atoms with Crippen LogP contribution in [0.2, 0.25) is 0 Å². The highest BCUT2D eigenvalue weighted by atomic mass is 14.0. The molecular formula is C13H22. The third-order valence-corrected chi connectivity index (χ3v) is 2.26. The summed E-state index contributed by atoms with van der Waals surface area (Å²) in [5, 5.41) is 0. The van der Waals surface area contributed by atoms with Gasteiger partial charge in [-0.2, -0.15) is 0 Å². The van der Waals surface area contributed by atoms with Crippen molar-refractivity contribution in [2.45, 2.75) is 47.0 Å². The standard InChI is InChI=1S/C11H16.C2H6/c1-4-10(3)11-7-5-9(2)6-8-11;1-2/h5-8,10H,4H2,1-3H3;1-2H3/t10-;/m1./s1. The smallest absolute Gasteiger partial charge is 0.0193 e. The van der Waals surface area contributed by atoms with E-state index < -0.39 is 0 Å². The Balaban J connectivity index is 0.000000671. The van der Waals surface area contributed by atoms with Gasteiger partial charge in [0.25, 0.3) is 0 Å². The molecule has 1 aromatic rings. The van der Waals surface area contributed by atoms with Gasteiger partial charge in [0, 0.05) is 0 Å². The summed E-state index contributed by atoms with van der Waals surface area (Å²) in [5.74, 6) is 0.704. The third-order valence-electron chi connectivity index (χ3n) is 2.26. The quantitative estimate of drug-likeness (QED) is 0.624. The molecular weight excluding hydrogens is 156 g/mol. The molecule has 0 aliphatic heterocycles. The van der Waals surface area contributed by atoms with Crippen molar-refractivity contribution in [2.75, 3.05) is 0 Å². The minimum atomic E-state index is 0.704. The van der Waals surface area contributed by atoms with Gasteiger partial charge in [-0.15, -0.1) is 0 Å². The molecule has 0 fully saturated rings. The molecule has 0 radical (unpaired) electrons. The Bertz CT molecular complexity index is 208. The molecule has 0 heteroatoms. The van der Waals surface area contributed by atoms with Gasteiger partial charge >= 0.3 is 0 Å². The predicted molar refractivity (Wildman–Crippen MR) is 61.2 cm³/mol. The summed E-state index contributed by atoms with van der Waals surface area (Å²) >= 11 is 0. The Hall–Kier alpha value is -0.780. The maximum Gasteiger partial charge on any atom is -0.0193 e. The lowest BCUT2D eigenvalue weighted by atomic mass is 9.98. The zero-order chi connectivity index (χ0) is 10.3. The molecule has 0 N–H and O–H groups in total. The maximum atomic E-state index is 2.27. The van der Waals surface area contributed by atoms with Crippen molar-refractivity contribution in [3.63, 3.8) is 0 Å². The number of rotatable bonds is 2. The summed E-state index contributed by atoms with van der Waals surface area (Å²) in [5.41, 5.74) is 2.80. The fourth-order valence-corrected chi connectivity index (χ4v) is 1.13. The van der Waals surface area contributed by atoms with Crippen LogP contribution in [0.15, 0.2) is 24.3 Å². The fraction of sp³-hybridized carbons (Fsp3) is 0.538. The number of benzene rings is 1. The molecule has 74 valence electrons. The average Bonchev–Trinajstić information content (AvgIpc) is 2.21. The molecule has 0 unspecified atom stereocenters. The number of aryl methyl sites for hydroxylation is 1. The number of hydrogen-bond donors (Lipinski definition) is 0. The summed E-state index contributed by atoms with van der Waals surface area (Å²) in [4.78, 5) is 0. The van der Waals surface area contributed by atoms with Gasteiger partial charge in [0.05, 0.1) is 0 Å². The molecule has 0 saturated carbocycles. The lowest BCUT2D eigenvalue weighted by Crippen LogP contribution is -1.89. The van der Waals surface area contributed by atoms with E-state index in [4.69, 9.17) is 0 Å². The van der Waals surface area contributed by atoms with Crippen LogP contribution in [0, 0.1) is 6.92 Å². The van der Waals surface area contributed by atoms with Crippen molar-refractivity contribution >= 4 is 0 Å². The third kappa shape index (κ3) is 4.12. The zero-order valence-corrected chi connectivity index (χ0v) is 9.59. The van der Waals surface area contributed by atoms with Crippen LogP contribution in [0.5, 0.6) is 0 Å². The van der Waals surface area contributed by atoms with Gasteiger partial charge in [-0.3, -0.25) is 0 Å². The molecule has 0 aliphatic rings. The highest BCUT2D eigenvalue weighted by Gasteiger charge is 2.00. The molecule has 0 spiro atoms. The summed E-state index contributed by atoms with van der Waals surface area (Å²) in [6.07, 6.45) is 1.23. The Kier molecular flexibility index (Phi) is 6.30. The van der Waals surface area contributed by atoms with Crippen LogP contribution in [-0.2, 0) is 0 Å². The number of hydrogen-bond acceptors (Lipinski definition) is 0. The van der Waals surface area contributed by atoms with E-state index >= 15 is 0 Å². The molecule has 0 nitrogen and oxygen atoms in total. The fourth-order valence-electron chi connectivity index (χ4n) is 1.13. The van der Waals surface area contributed by atoms with E-state index in [0.717, 1.165) is 0 Å². The van der Waals surface area contributed by atoms with E-state index in [1.165, 1.54) is 17.5 Å². The van der Waals surface area contributed by atoms with Crippen molar-refractivity contribution in [1.29, 1.82) is 0 Å². The highest BCUT2D eigenvalue weighted by Crippen LogP contribution is 2.18. The molecule has 0 bridgehead atoms. The zero-order valence-electron chi connectivity index (χ0n) is 9.59. The van der Waals surface area contributed by atoms with Gasteiger partial charge in [-0.05, 0) is 24.8 Å². The van der Waals surface area contributed by atoms with E-state index in [-0.39, 0.29) is 0 Å². The lowest BCUT2D eigenvalue weighted by molar-refractivity contribution is 0.733. The van der Waals surface area contributed by atoms with Crippen LogP contribution >= 0.6 is 0 Å². The van der Waals surface area contributed by atoms with Crippen molar-refractivity contribution in [2.24, 2.45) is 0 Å². The van der Waals surface area contributed by atoms with Crippen molar-refractivity contribution in [3.8, 4) is 0 Å². The predicted octanol–water partition coefficient (Wildman–Crippen LogP) is 4.53. The second-order valence-corrected chi connectivity index (χ2v) is 3.22. The van der Waals surface area contributed by atoms with Crippen LogP contribution in [0.1, 0.15) is 51.2 Å². The van der Waals surface area contributed by atoms with Gasteiger partial charge in [-0.25, -0.2) is 0 Å². The summed E-state index contributed by atoms with van der Waals surface area (Å²) in [7, 11) is 0. The molecule has 1 aromatic carbocycles. The van der Waals surface area contributed by atoms with Crippen molar-refractivity contribution in [1.82, 2.24) is 0 Å². The minimum absolute atomic E-state index is 0.704. The topological polar surface area (TPSA) is 0 Å². The highest BCUT2D eigenvalue weighted by molar-refractivity contribution is 5.23. The largest absolute Gasteiger partial charge is 0.0683 e. The van der Waals surface area contributed by atoms with Crippen LogP contribution in [0.3, 0.4) is 0 Å². The first-order valence-electron chi connectivity index (χ1n) is 5.30.